The molecule has 1 aromatic heterocycles. The van der Waals surface area contributed by atoms with E-state index < -0.39 is 0 Å². The third kappa shape index (κ3) is 2.46. The summed E-state index contributed by atoms with van der Waals surface area (Å²) in [5.74, 6) is 0.174. The first-order valence-electron chi connectivity index (χ1n) is 6.73. The van der Waals surface area contributed by atoms with Gasteiger partial charge in [0.05, 0.1) is 19.1 Å². The average molecular weight is 294 g/mol. The van der Waals surface area contributed by atoms with Gasteiger partial charge in [-0.1, -0.05) is 18.5 Å². The van der Waals surface area contributed by atoms with Gasteiger partial charge in [-0.05, 0) is 30.8 Å². The van der Waals surface area contributed by atoms with Gasteiger partial charge in [0.15, 0.2) is 5.76 Å². The van der Waals surface area contributed by atoms with Gasteiger partial charge < -0.3 is 14.5 Å². The van der Waals surface area contributed by atoms with E-state index in [4.69, 9.17) is 20.8 Å². The van der Waals surface area contributed by atoms with Gasteiger partial charge in [-0.2, -0.15) is 0 Å². The first-order chi connectivity index (χ1) is 9.69. The van der Waals surface area contributed by atoms with E-state index in [2.05, 4.69) is 5.32 Å². The van der Waals surface area contributed by atoms with Gasteiger partial charge in [-0.3, -0.25) is 4.79 Å². The number of halogens is 1. The molecule has 2 atom stereocenters. The van der Waals surface area contributed by atoms with Crippen molar-refractivity contribution >= 4 is 28.4 Å². The zero-order valence-corrected chi connectivity index (χ0v) is 11.9. The van der Waals surface area contributed by atoms with Gasteiger partial charge in [-0.25, -0.2) is 0 Å². The maximum Gasteiger partial charge on any atom is 0.205 e. The van der Waals surface area contributed by atoms with Crippen molar-refractivity contribution in [3.05, 3.63) is 35.0 Å². The van der Waals surface area contributed by atoms with Crippen molar-refractivity contribution in [3.8, 4) is 0 Å². The number of benzene rings is 1. The molecule has 0 bridgehead atoms. The number of hydrogen-bond donors (Lipinski definition) is 1. The summed E-state index contributed by atoms with van der Waals surface area (Å²) in [6, 6.07) is 7.14. The van der Waals surface area contributed by atoms with Crippen LogP contribution in [0.3, 0.4) is 0 Å². The summed E-state index contributed by atoms with van der Waals surface area (Å²) in [4.78, 5) is 12.5. The topological polar surface area (TPSA) is 51.5 Å². The standard InChI is InChI=1S/C15H16ClNO3/c1-2-17-12-8-19-7-11(12)15(18)14-6-9-5-10(16)3-4-13(9)20-14/h3-6,11-12,17H,2,7-8H2,1H3. The summed E-state index contributed by atoms with van der Waals surface area (Å²) in [5.41, 5.74) is 0.677. The number of likely N-dealkylation sites (N-methyl/N-ethyl adjacent to an activating group) is 1. The normalized spacial score (nSPS) is 22.5. The number of furan rings is 1. The Morgan fingerprint density at radius 1 is 1.40 bits per heavy atom. The van der Waals surface area contributed by atoms with Crippen molar-refractivity contribution in [3.63, 3.8) is 0 Å². The first kappa shape index (κ1) is 13.6. The van der Waals surface area contributed by atoms with Gasteiger partial charge in [0, 0.05) is 16.5 Å². The summed E-state index contributed by atoms with van der Waals surface area (Å²) in [7, 11) is 0. The van der Waals surface area contributed by atoms with Gasteiger partial charge >= 0.3 is 0 Å². The fourth-order valence-corrected chi connectivity index (χ4v) is 2.77. The number of hydrogen-bond acceptors (Lipinski definition) is 4. The lowest BCUT2D eigenvalue weighted by molar-refractivity contribution is 0.0865. The summed E-state index contributed by atoms with van der Waals surface area (Å²) >= 11 is 5.94. The van der Waals surface area contributed by atoms with Crippen LogP contribution in [0.1, 0.15) is 17.5 Å². The third-order valence-corrected chi connectivity index (χ3v) is 3.84. The van der Waals surface area contributed by atoms with Crippen LogP contribution in [0.4, 0.5) is 0 Å². The molecule has 3 rings (SSSR count). The van der Waals surface area contributed by atoms with E-state index in [0.717, 1.165) is 11.9 Å². The molecule has 2 unspecified atom stereocenters. The Hall–Kier alpha value is -1.36. The van der Waals surface area contributed by atoms with Crippen molar-refractivity contribution in [1.82, 2.24) is 5.32 Å². The number of carbonyl (C=O) groups is 1. The second kappa shape index (κ2) is 5.56. The van der Waals surface area contributed by atoms with Crippen molar-refractivity contribution in [2.45, 2.75) is 13.0 Å². The van der Waals surface area contributed by atoms with Crippen LogP contribution in [0.2, 0.25) is 5.02 Å². The van der Waals surface area contributed by atoms with Crippen LogP contribution in [-0.2, 0) is 4.74 Å². The molecule has 1 aliphatic heterocycles. The summed E-state index contributed by atoms with van der Waals surface area (Å²) < 4.78 is 11.0. The number of Topliss-reactive ketones (excluding diaryl/α,β-unsaturated/α-hetero) is 1. The predicted octanol–water partition coefficient (Wildman–Crippen LogP) is 2.89. The Morgan fingerprint density at radius 3 is 3.05 bits per heavy atom. The molecule has 0 spiro atoms. The van der Waals surface area contributed by atoms with E-state index in [9.17, 15) is 4.79 Å². The highest BCUT2D eigenvalue weighted by molar-refractivity contribution is 6.31. The first-order valence-corrected chi connectivity index (χ1v) is 7.11. The number of rotatable bonds is 4. The summed E-state index contributed by atoms with van der Waals surface area (Å²) in [6.07, 6.45) is 0. The monoisotopic (exact) mass is 293 g/mol. The fraction of sp³-hybridized carbons (Fsp3) is 0.400. The molecule has 20 heavy (non-hydrogen) atoms. The lowest BCUT2D eigenvalue weighted by Crippen LogP contribution is -2.39. The van der Waals surface area contributed by atoms with Crippen molar-refractivity contribution in [1.29, 1.82) is 0 Å². The number of nitrogens with one attached hydrogen (secondary N) is 1. The van der Waals surface area contributed by atoms with Crippen LogP contribution in [0, 0.1) is 5.92 Å². The number of carbonyl (C=O) groups excluding carboxylic acids is 1. The second-order valence-electron chi connectivity index (χ2n) is 4.97. The fourth-order valence-electron chi connectivity index (χ4n) is 2.59. The molecule has 1 saturated heterocycles. The quantitative estimate of drug-likeness (QED) is 0.881. The Balaban J connectivity index is 1.88. The maximum atomic E-state index is 12.5. The zero-order valence-electron chi connectivity index (χ0n) is 11.2. The van der Waals surface area contributed by atoms with E-state index in [1.54, 1.807) is 24.3 Å². The van der Waals surface area contributed by atoms with Crippen LogP contribution in [0.25, 0.3) is 11.0 Å². The molecule has 1 aromatic carbocycles. The van der Waals surface area contributed by atoms with Crippen molar-refractivity contribution in [2.75, 3.05) is 19.8 Å². The highest BCUT2D eigenvalue weighted by Gasteiger charge is 2.35. The van der Waals surface area contributed by atoms with E-state index in [1.807, 2.05) is 6.92 Å². The summed E-state index contributed by atoms with van der Waals surface area (Å²) in [6.45, 7) is 3.83. The molecular weight excluding hydrogens is 278 g/mol. The van der Waals surface area contributed by atoms with E-state index in [0.29, 0.717) is 29.6 Å². The van der Waals surface area contributed by atoms with Gasteiger partial charge in [0.2, 0.25) is 5.78 Å². The molecule has 5 heteroatoms. The minimum Gasteiger partial charge on any atom is -0.453 e. The Bertz CT molecular complexity index is 637. The van der Waals surface area contributed by atoms with Crippen LogP contribution >= 0.6 is 11.6 Å². The average Bonchev–Trinajstić information content (AvgIpc) is 3.04. The molecule has 2 heterocycles. The molecule has 0 aliphatic carbocycles. The number of ether oxygens (including phenoxy) is 1. The Kier molecular flexibility index (Phi) is 3.78. The zero-order chi connectivity index (χ0) is 14.1. The number of fused-ring (bicyclic) bond motifs is 1. The predicted molar refractivity (Wildman–Crippen MR) is 77.3 cm³/mol. The summed E-state index contributed by atoms with van der Waals surface area (Å²) in [5, 5.41) is 4.76. The van der Waals surface area contributed by atoms with Crippen LogP contribution < -0.4 is 5.32 Å². The molecule has 1 aliphatic rings. The smallest absolute Gasteiger partial charge is 0.205 e. The van der Waals surface area contributed by atoms with Gasteiger partial charge in [-0.15, -0.1) is 0 Å². The second-order valence-corrected chi connectivity index (χ2v) is 5.40. The minimum absolute atomic E-state index is 0.0132. The van der Waals surface area contributed by atoms with Crippen molar-refractivity contribution < 1.29 is 13.9 Å². The van der Waals surface area contributed by atoms with E-state index in [1.165, 1.54) is 0 Å². The molecule has 106 valence electrons. The van der Waals surface area contributed by atoms with Crippen LogP contribution in [0.5, 0.6) is 0 Å². The molecule has 0 saturated carbocycles. The Morgan fingerprint density at radius 2 is 2.25 bits per heavy atom. The third-order valence-electron chi connectivity index (χ3n) is 3.60. The molecule has 1 N–H and O–H groups in total. The SMILES string of the molecule is CCNC1COCC1C(=O)c1cc2cc(Cl)ccc2o1. The molecule has 0 amide bonds. The molecule has 0 radical (unpaired) electrons. The van der Waals surface area contributed by atoms with Gasteiger partial charge in [0.1, 0.15) is 5.58 Å². The van der Waals surface area contributed by atoms with E-state index in [-0.39, 0.29) is 17.7 Å². The minimum atomic E-state index is -0.189. The Labute approximate surface area is 122 Å². The number of ketones is 1. The van der Waals surface area contributed by atoms with Gasteiger partial charge in [0.25, 0.3) is 0 Å². The highest BCUT2D eigenvalue weighted by Crippen LogP contribution is 2.26. The highest BCUT2D eigenvalue weighted by atomic mass is 35.5. The molecule has 1 fully saturated rings. The molecule has 2 aromatic rings. The van der Waals surface area contributed by atoms with E-state index >= 15 is 0 Å². The molecule has 4 nitrogen and oxygen atoms in total. The van der Waals surface area contributed by atoms with Crippen LogP contribution in [-0.4, -0.2) is 31.6 Å². The molecular formula is C15H16ClNO3. The van der Waals surface area contributed by atoms with Crippen molar-refractivity contribution in [2.24, 2.45) is 5.92 Å². The van der Waals surface area contributed by atoms with Crippen LogP contribution in [0.15, 0.2) is 28.7 Å². The largest absolute Gasteiger partial charge is 0.453 e. The lowest BCUT2D eigenvalue weighted by atomic mass is 9.97. The lowest BCUT2D eigenvalue weighted by Gasteiger charge is -2.15. The maximum absolute atomic E-state index is 12.5.